The van der Waals surface area contributed by atoms with Crippen molar-refractivity contribution in [3.8, 4) is 0 Å². The number of carbonyl (C=O) groups is 1. The van der Waals surface area contributed by atoms with Gasteiger partial charge in [0.2, 0.25) is 10.0 Å². The molecule has 1 aromatic carbocycles. The molecule has 0 aromatic heterocycles. The lowest BCUT2D eigenvalue weighted by Crippen LogP contribution is -2.27. The van der Waals surface area contributed by atoms with Crippen LogP contribution in [0, 0.1) is 11.7 Å². The molecule has 8 heteroatoms. The monoisotopic (exact) mass is 353 g/mol. The molecule has 0 bridgehead atoms. The first-order chi connectivity index (χ1) is 8.74. The summed E-state index contributed by atoms with van der Waals surface area (Å²) < 4.78 is 39.3. The Morgan fingerprint density at radius 2 is 2.16 bits per heavy atom. The molecule has 19 heavy (non-hydrogen) atoms. The van der Waals surface area contributed by atoms with Crippen molar-refractivity contribution in [3.05, 3.63) is 28.5 Å². The van der Waals surface area contributed by atoms with Crippen molar-refractivity contribution in [1.82, 2.24) is 4.72 Å². The summed E-state index contributed by atoms with van der Waals surface area (Å²) in [5, 5.41) is 8.66. The lowest BCUT2D eigenvalue weighted by molar-refractivity contribution is -0.141. The molecule has 2 N–H and O–H groups in total. The molecule has 0 aliphatic heterocycles. The van der Waals surface area contributed by atoms with Crippen LogP contribution in [-0.4, -0.2) is 26.0 Å². The highest BCUT2D eigenvalue weighted by Crippen LogP contribution is 2.19. The zero-order valence-corrected chi connectivity index (χ0v) is 12.5. The van der Waals surface area contributed by atoms with Crippen molar-refractivity contribution in [2.75, 3.05) is 6.54 Å². The van der Waals surface area contributed by atoms with Gasteiger partial charge in [-0.25, -0.2) is 17.5 Å². The number of hydrogen-bond acceptors (Lipinski definition) is 3. The molecule has 0 aliphatic carbocycles. The van der Waals surface area contributed by atoms with Crippen LogP contribution in [0.2, 0.25) is 0 Å². The summed E-state index contributed by atoms with van der Waals surface area (Å²) in [6.45, 7) is 1.46. The van der Waals surface area contributed by atoms with Crippen LogP contribution < -0.4 is 4.72 Å². The highest BCUT2D eigenvalue weighted by Gasteiger charge is 2.17. The number of hydrogen-bond donors (Lipinski definition) is 2. The van der Waals surface area contributed by atoms with E-state index in [2.05, 4.69) is 20.7 Å². The standard InChI is InChI=1S/C11H13BrFNO4S/c1-7(11(15)16)4-5-14-19(17,18)8-2-3-9(12)10(13)6-8/h2-3,6-7,14H,4-5H2,1H3,(H,15,16). The van der Waals surface area contributed by atoms with Crippen LogP contribution in [0.1, 0.15) is 13.3 Å². The Morgan fingerprint density at radius 1 is 1.53 bits per heavy atom. The van der Waals surface area contributed by atoms with E-state index in [-0.39, 0.29) is 22.3 Å². The molecule has 0 heterocycles. The molecule has 106 valence electrons. The van der Waals surface area contributed by atoms with E-state index in [4.69, 9.17) is 5.11 Å². The van der Waals surface area contributed by atoms with Crippen molar-refractivity contribution in [3.63, 3.8) is 0 Å². The van der Waals surface area contributed by atoms with Gasteiger partial charge >= 0.3 is 5.97 Å². The minimum atomic E-state index is -3.82. The van der Waals surface area contributed by atoms with Crippen molar-refractivity contribution >= 4 is 31.9 Å². The Morgan fingerprint density at radius 3 is 2.68 bits per heavy atom. The van der Waals surface area contributed by atoms with E-state index in [1.54, 1.807) is 0 Å². The van der Waals surface area contributed by atoms with E-state index in [0.717, 1.165) is 6.07 Å². The number of halogens is 2. The molecule has 0 saturated carbocycles. The molecule has 1 unspecified atom stereocenters. The summed E-state index contributed by atoms with van der Waals surface area (Å²) in [6.07, 6.45) is 0.160. The second-order valence-corrected chi connectivity index (χ2v) is 6.62. The lowest BCUT2D eigenvalue weighted by Gasteiger charge is -2.09. The molecule has 0 fully saturated rings. The van der Waals surface area contributed by atoms with Gasteiger partial charge in [0.1, 0.15) is 5.82 Å². The fraction of sp³-hybridized carbons (Fsp3) is 0.364. The van der Waals surface area contributed by atoms with Gasteiger partial charge in [0.25, 0.3) is 0 Å². The zero-order valence-electron chi connectivity index (χ0n) is 10.1. The van der Waals surface area contributed by atoms with Crippen molar-refractivity contribution < 1.29 is 22.7 Å². The average Bonchev–Trinajstić information content (AvgIpc) is 2.32. The van der Waals surface area contributed by atoms with Gasteiger partial charge in [-0.1, -0.05) is 6.92 Å². The predicted molar refractivity (Wildman–Crippen MR) is 70.7 cm³/mol. The van der Waals surface area contributed by atoms with E-state index < -0.39 is 27.7 Å². The van der Waals surface area contributed by atoms with Crippen molar-refractivity contribution in [1.29, 1.82) is 0 Å². The third-order valence-electron chi connectivity index (χ3n) is 2.49. The summed E-state index contributed by atoms with van der Waals surface area (Å²) in [4.78, 5) is 10.4. The Bertz CT molecular complexity index is 576. The van der Waals surface area contributed by atoms with Crippen LogP contribution in [0.15, 0.2) is 27.6 Å². The van der Waals surface area contributed by atoms with E-state index >= 15 is 0 Å². The Kier molecular flexibility index (Phi) is 5.45. The quantitative estimate of drug-likeness (QED) is 0.818. The fourth-order valence-corrected chi connectivity index (χ4v) is 2.57. The van der Waals surface area contributed by atoms with E-state index in [9.17, 15) is 17.6 Å². The molecular formula is C11H13BrFNO4S. The first-order valence-electron chi connectivity index (χ1n) is 5.41. The minimum absolute atomic E-state index is 0.0204. The number of rotatable bonds is 6. The van der Waals surface area contributed by atoms with Gasteiger partial charge in [0.15, 0.2) is 0 Å². The largest absolute Gasteiger partial charge is 0.481 e. The van der Waals surface area contributed by atoms with E-state index in [1.165, 1.54) is 19.1 Å². The smallest absolute Gasteiger partial charge is 0.306 e. The van der Waals surface area contributed by atoms with Crippen LogP contribution in [0.25, 0.3) is 0 Å². The van der Waals surface area contributed by atoms with Gasteiger partial charge in [0, 0.05) is 6.54 Å². The van der Waals surface area contributed by atoms with Crippen LogP contribution >= 0.6 is 15.9 Å². The van der Waals surface area contributed by atoms with Crippen molar-refractivity contribution in [2.24, 2.45) is 5.92 Å². The van der Waals surface area contributed by atoms with Gasteiger partial charge in [0.05, 0.1) is 15.3 Å². The maximum atomic E-state index is 13.2. The summed E-state index contributed by atoms with van der Waals surface area (Å²) >= 11 is 2.93. The van der Waals surface area contributed by atoms with Crippen LogP contribution in [-0.2, 0) is 14.8 Å². The normalized spacial score (nSPS) is 13.2. The maximum absolute atomic E-state index is 13.2. The summed E-state index contributed by atoms with van der Waals surface area (Å²) in [5.74, 6) is -2.32. The average molecular weight is 354 g/mol. The van der Waals surface area contributed by atoms with Gasteiger partial charge in [-0.2, -0.15) is 0 Å². The molecule has 5 nitrogen and oxygen atoms in total. The van der Waals surface area contributed by atoms with Crippen LogP contribution in [0.3, 0.4) is 0 Å². The highest BCUT2D eigenvalue weighted by atomic mass is 79.9. The molecule has 1 rings (SSSR count). The van der Waals surface area contributed by atoms with Crippen LogP contribution in [0.4, 0.5) is 4.39 Å². The first kappa shape index (κ1) is 16.1. The second kappa shape index (κ2) is 6.44. The van der Waals surface area contributed by atoms with Crippen LogP contribution in [0.5, 0.6) is 0 Å². The molecule has 1 atom stereocenters. The summed E-state index contributed by atoms with van der Waals surface area (Å²) in [7, 11) is -3.82. The lowest BCUT2D eigenvalue weighted by atomic mass is 10.1. The molecule has 0 radical (unpaired) electrons. The van der Waals surface area contributed by atoms with Gasteiger partial charge in [-0.3, -0.25) is 4.79 Å². The molecule has 0 saturated heterocycles. The third kappa shape index (κ3) is 4.55. The number of carboxylic acids is 1. The van der Waals surface area contributed by atoms with Gasteiger partial charge in [-0.15, -0.1) is 0 Å². The number of nitrogens with one attached hydrogen (secondary N) is 1. The molecule has 0 aliphatic rings. The topological polar surface area (TPSA) is 83.5 Å². The second-order valence-electron chi connectivity index (χ2n) is 4.00. The predicted octanol–water partition coefficient (Wildman–Crippen LogP) is 1.98. The summed E-state index contributed by atoms with van der Waals surface area (Å²) in [5.41, 5.74) is 0. The number of aliphatic carboxylic acids is 1. The SMILES string of the molecule is CC(CCNS(=O)(=O)c1ccc(Br)c(F)c1)C(=O)O. The number of benzene rings is 1. The maximum Gasteiger partial charge on any atom is 0.306 e. The van der Waals surface area contributed by atoms with E-state index in [0.29, 0.717) is 0 Å². The molecule has 0 spiro atoms. The first-order valence-corrected chi connectivity index (χ1v) is 7.69. The van der Waals surface area contributed by atoms with Gasteiger partial charge < -0.3 is 5.11 Å². The summed E-state index contributed by atoms with van der Waals surface area (Å²) in [6, 6.07) is 3.45. The molecule has 1 aromatic rings. The zero-order chi connectivity index (χ0) is 14.6. The molecule has 0 amide bonds. The Labute approximate surface area is 119 Å². The Hall–Kier alpha value is -0.990. The van der Waals surface area contributed by atoms with Gasteiger partial charge in [-0.05, 0) is 40.5 Å². The number of sulfonamides is 1. The fourth-order valence-electron chi connectivity index (χ4n) is 1.26. The number of carboxylic acid groups (broad SMARTS) is 1. The van der Waals surface area contributed by atoms with Crippen molar-refractivity contribution in [2.45, 2.75) is 18.2 Å². The van der Waals surface area contributed by atoms with E-state index in [1.807, 2.05) is 0 Å². The molecular weight excluding hydrogens is 341 g/mol. The highest BCUT2D eigenvalue weighted by molar-refractivity contribution is 9.10. The Balaban J connectivity index is 2.71. The third-order valence-corrected chi connectivity index (χ3v) is 4.59. The minimum Gasteiger partial charge on any atom is -0.481 e.